The van der Waals surface area contributed by atoms with Gasteiger partial charge in [-0.2, -0.15) is 26.3 Å². The monoisotopic (exact) mass is 904 g/mol. The molecule has 4 rings (SSSR count). The van der Waals surface area contributed by atoms with E-state index in [1.807, 2.05) is 90.2 Å². The zero-order valence-corrected chi connectivity index (χ0v) is 40.9. The predicted molar refractivity (Wildman–Crippen MR) is 261 cm³/mol. The third-order valence-corrected chi connectivity index (χ3v) is 12.7. The van der Waals surface area contributed by atoms with Gasteiger partial charge < -0.3 is 10.6 Å². The maximum absolute atomic E-state index is 12.0. The van der Waals surface area contributed by atoms with Crippen molar-refractivity contribution in [2.45, 2.75) is 132 Å². The summed E-state index contributed by atoms with van der Waals surface area (Å²) in [6.07, 6.45) is 20.9. The first-order valence-corrected chi connectivity index (χ1v) is 25.4. The minimum atomic E-state index is 0.0142. The van der Waals surface area contributed by atoms with E-state index in [0.29, 0.717) is 44.6 Å². The predicted octanol–water partition coefficient (Wildman–Crippen LogP) is 8.55. The van der Waals surface area contributed by atoms with E-state index in [0.717, 1.165) is 48.5 Å². The van der Waals surface area contributed by atoms with E-state index in [2.05, 4.69) is 67.7 Å². The first kappa shape index (κ1) is 54.1. The number of ketones is 1. The SMILES string of the molecule is CCCCCCCCCCCC(=O)Cc1ccccc1C=O.Cc1cc(C)[n+](CCS)c(C)c1.Cc1cc[n+](CC(=O)NCCSSCCNC(=O)C[n+]2ccc(C)cc2)cc1. The van der Waals surface area contributed by atoms with Crippen molar-refractivity contribution in [3.63, 3.8) is 0 Å². The number of unbranched alkanes of at least 4 members (excludes halogenated alkanes) is 8. The summed E-state index contributed by atoms with van der Waals surface area (Å²) >= 11 is 4.23. The number of hydrogen-bond donors (Lipinski definition) is 3. The maximum atomic E-state index is 12.0. The van der Waals surface area contributed by atoms with Crippen molar-refractivity contribution in [1.82, 2.24) is 10.6 Å². The molecule has 0 saturated heterocycles. The van der Waals surface area contributed by atoms with Crippen molar-refractivity contribution in [2.24, 2.45) is 0 Å². The van der Waals surface area contributed by atoms with Crippen LogP contribution in [0.3, 0.4) is 0 Å². The number of Topliss-reactive ketones (excluding diaryl/α,β-unsaturated/α-hetero) is 1. The van der Waals surface area contributed by atoms with Gasteiger partial charge in [0.15, 0.2) is 42.7 Å². The Hall–Kier alpha value is -4.00. The van der Waals surface area contributed by atoms with Crippen molar-refractivity contribution in [3.05, 3.63) is 125 Å². The lowest BCUT2D eigenvalue weighted by Crippen LogP contribution is -2.43. The molecular formula is C50H74N5O4S3+3. The van der Waals surface area contributed by atoms with E-state index in [-0.39, 0.29) is 17.6 Å². The van der Waals surface area contributed by atoms with E-state index in [9.17, 15) is 19.2 Å². The Morgan fingerprint density at radius 2 is 1.11 bits per heavy atom. The zero-order chi connectivity index (χ0) is 45.4. The first-order chi connectivity index (χ1) is 29.9. The van der Waals surface area contributed by atoms with Crippen LogP contribution in [0.15, 0.2) is 85.5 Å². The van der Waals surface area contributed by atoms with Gasteiger partial charge in [-0.25, -0.2) is 0 Å². The van der Waals surface area contributed by atoms with Crippen LogP contribution in [-0.2, 0) is 40.4 Å². The van der Waals surface area contributed by atoms with Crippen LogP contribution < -0.4 is 24.3 Å². The molecule has 0 saturated carbocycles. The number of aldehydes is 1. The molecule has 2 amide bonds. The number of nitrogens with zero attached hydrogens (tertiary/aromatic N) is 3. The standard InChI is InChI=1S/C20H26N4O2S2.C20H30O2.C10H15NS/c1-17-3-9-23(10-4-17)15-19(25)21-7-13-27-28-14-8-22-20(26)16-24-11-5-18(2)6-12-24;1-2-3-4-5-6-7-8-9-10-15-20(22)16-18-13-11-12-14-19(18)17-21;1-8-6-9(2)11(4-5-12)10(3)7-8/h3-6,9-12H,7-8,13-16H2,1-2H3;11-14,17H,2-10,15-16H2,1H3;6-7H,4-5H2,1-3H3/p+3. The summed E-state index contributed by atoms with van der Waals surface area (Å²) in [5, 5.41) is 5.84. The van der Waals surface area contributed by atoms with Crippen LogP contribution in [0, 0.1) is 34.6 Å². The van der Waals surface area contributed by atoms with Crippen molar-refractivity contribution in [1.29, 1.82) is 0 Å². The molecule has 0 atom stereocenters. The van der Waals surface area contributed by atoms with Gasteiger partial charge in [0.1, 0.15) is 12.1 Å². The summed E-state index contributed by atoms with van der Waals surface area (Å²) < 4.78 is 6.02. The topological polar surface area (TPSA) is 104 Å². The Kier molecular flexibility index (Phi) is 29.3. The summed E-state index contributed by atoms with van der Waals surface area (Å²) in [7, 11) is 3.40. The summed E-state index contributed by atoms with van der Waals surface area (Å²) in [5.41, 5.74) is 7.83. The average Bonchev–Trinajstić information content (AvgIpc) is 3.25. The van der Waals surface area contributed by atoms with Gasteiger partial charge in [-0.05, 0) is 49.4 Å². The number of nitrogens with one attached hydrogen (secondary N) is 2. The van der Waals surface area contributed by atoms with E-state index in [1.54, 1.807) is 27.7 Å². The normalized spacial score (nSPS) is 10.5. The van der Waals surface area contributed by atoms with Gasteiger partial charge in [-0.15, -0.1) is 0 Å². The molecule has 0 unspecified atom stereocenters. The summed E-state index contributed by atoms with van der Waals surface area (Å²) in [6.45, 7) is 15.6. The molecule has 12 heteroatoms. The molecule has 338 valence electrons. The molecule has 0 radical (unpaired) electrons. The number of hydrogen-bond acceptors (Lipinski definition) is 7. The highest BCUT2D eigenvalue weighted by Gasteiger charge is 2.11. The van der Waals surface area contributed by atoms with E-state index >= 15 is 0 Å². The van der Waals surface area contributed by atoms with E-state index in [4.69, 9.17) is 0 Å². The van der Waals surface area contributed by atoms with Crippen LogP contribution in [0.1, 0.15) is 115 Å². The molecule has 0 aliphatic carbocycles. The lowest BCUT2D eigenvalue weighted by atomic mass is 9.99. The Bertz CT molecular complexity index is 1800. The van der Waals surface area contributed by atoms with Crippen molar-refractivity contribution < 1.29 is 32.9 Å². The molecule has 3 aromatic heterocycles. The highest BCUT2D eigenvalue weighted by Crippen LogP contribution is 2.19. The second-order valence-corrected chi connectivity index (χ2v) is 18.9. The quantitative estimate of drug-likeness (QED) is 0.0192. The van der Waals surface area contributed by atoms with Crippen LogP contribution in [0.4, 0.5) is 0 Å². The fourth-order valence-corrected chi connectivity index (χ4v) is 8.64. The van der Waals surface area contributed by atoms with Crippen LogP contribution in [-0.4, -0.2) is 54.2 Å². The van der Waals surface area contributed by atoms with Gasteiger partial charge in [0.05, 0.1) is 0 Å². The Morgan fingerprint density at radius 3 is 1.58 bits per heavy atom. The van der Waals surface area contributed by atoms with Crippen LogP contribution in [0.25, 0.3) is 0 Å². The molecule has 0 fully saturated rings. The van der Waals surface area contributed by atoms with E-state index in [1.165, 1.54) is 73.0 Å². The Morgan fingerprint density at radius 1 is 0.645 bits per heavy atom. The third-order valence-electron chi connectivity index (χ3n) is 10.0. The second kappa shape index (κ2) is 33.5. The maximum Gasteiger partial charge on any atom is 0.286 e. The molecule has 4 aromatic rings. The van der Waals surface area contributed by atoms with Gasteiger partial charge >= 0.3 is 0 Å². The number of aryl methyl sites for hydroxylation is 5. The highest BCUT2D eigenvalue weighted by atomic mass is 33.1. The number of thiol groups is 1. The van der Waals surface area contributed by atoms with Gasteiger partial charge in [0, 0.05) is 99.0 Å². The zero-order valence-electron chi connectivity index (χ0n) is 38.3. The van der Waals surface area contributed by atoms with Gasteiger partial charge in [0.2, 0.25) is 13.1 Å². The van der Waals surface area contributed by atoms with Gasteiger partial charge in [-0.3, -0.25) is 19.2 Å². The summed E-state index contributed by atoms with van der Waals surface area (Å²) in [5.74, 6) is 2.84. The average molecular weight is 905 g/mol. The first-order valence-electron chi connectivity index (χ1n) is 22.3. The van der Waals surface area contributed by atoms with Gasteiger partial charge in [-0.1, -0.05) is 104 Å². The van der Waals surface area contributed by atoms with Crippen molar-refractivity contribution in [2.75, 3.05) is 30.3 Å². The lowest BCUT2D eigenvalue weighted by molar-refractivity contribution is -0.704. The number of carbonyl (C=O) groups excluding carboxylic acids is 4. The van der Waals surface area contributed by atoms with Crippen molar-refractivity contribution >= 4 is 58.1 Å². The molecule has 3 heterocycles. The van der Waals surface area contributed by atoms with Crippen molar-refractivity contribution in [3.8, 4) is 0 Å². The minimum Gasteiger partial charge on any atom is -0.350 e. The molecule has 62 heavy (non-hydrogen) atoms. The minimum absolute atomic E-state index is 0.0142. The van der Waals surface area contributed by atoms with Crippen LogP contribution >= 0.6 is 34.2 Å². The molecule has 9 nitrogen and oxygen atoms in total. The molecule has 0 aliphatic rings. The lowest BCUT2D eigenvalue weighted by Gasteiger charge is -2.04. The third kappa shape index (κ3) is 25.2. The van der Waals surface area contributed by atoms with Crippen LogP contribution in [0.5, 0.6) is 0 Å². The molecule has 0 spiro atoms. The number of pyridine rings is 3. The number of aromatic nitrogens is 3. The van der Waals surface area contributed by atoms with Crippen LogP contribution in [0.2, 0.25) is 0 Å². The second-order valence-electron chi connectivity index (χ2n) is 15.7. The van der Waals surface area contributed by atoms with E-state index < -0.39 is 0 Å². The largest absolute Gasteiger partial charge is 0.350 e. The summed E-state index contributed by atoms with van der Waals surface area (Å²) in [4.78, 5) is 46.7. The fourth-order valence-electron chi connectivity index (χ4n) is 6.63. The number of amides is 2. The molecule has 2 N–H and O–H groups in total. The molecule has 0 aliphatic heterocycles. The van der Waals surface area contributed by atoms with Gasteiger partial charge in [0.25, 0.3) is 11.8 Å². The number of carbonyl (C=O) groups is 4. The molecular weight excluding hydrogens is 831 g/mol. The number of benzene rings is 1. The number of rotatable bonds is 26. The smallest absolute Gasteiger partial charge is 0.286 e. The summed E-state index contributed by atoms with van der Waals surface area (Å²) in [6, 6.07) is 19.7. The fraction of sp³-hybridized carbons (Fsp3) is 0.500. The molecule has 1 aromatic carbocycles. The molecule has 0 bridgehead atoms. The highest BCUT2D eigenvalue weighted by molar-refractivity contribution is 8.76. The Balaban J connectivity index is 0.000000345. The Labute approximate surface area is 386 Å².